The van der Waals surface area contributed by atoms with Gasteiger partial charge in [-0.3, -0.25) is 0 Å². The van der Waals surface area contributed by atoms with Crippen molar-refractivity contribution in [2.24, 2.45) is 0 Å². The Morgan fingerprint density at radius 1 is 1.43 bits per heavy atom. The monoisotopic (exact) mass is 412 g/mol. The lowest BCUT2D eigenvalue weighted by Gasteiger charge is -2.29. The van der Waals surface area contributed by atoms with Crippen molar-refractivity contribution in [3.05, 3.63) is 33.9 Å². The van der Waals surface area contributed by atoms with E-state index in [9.17, 15) is 18.0 Å². The van der Waals surface area contributed by atoms with Crippen LogP contribution in [0.15, 0.2) is 17.7 Å². The number of benzene rings is 1. The van der Waals surface area contributed by atoms with Crippen LogP contribution < -0.4 is 4.74 Å². The van der Waals surface area contributed by atoms with E-state index in [1.54, 1.807) is 0 Å². The Bertz CT molecular complexity index is 644. The largest absolute Gasteiger partial charge is 0.475 e. The molecular weight excluding hydrogens is 401 g/mol. The van der Waals surface area contributed by atoms with Crippen LogP contribution in [0.25, 0.3) is 6.08 Å². The van der Waals surface area contributed by atoms with Crippen molar-refractivity contribution in [2.45, 2.75) is 25.6 Å². The number of carbonyl (C=O) groups is 1. The minimum Gasteiger partial charge on any atom is -0.475 e. The van der Waals surface area contributed by atoms with E-state index < -0.39 is 23.8 Å². The van der Waals surface area contributed by atoms with Crippen LogP contribution in [-0.2, 0) is 16.0 Å². The van der Waals surface area contributed by atoms with E-state index in [1.807, 2.05) is 0 Å². The number of hydrogen-bond donors (Lipinski definition) is 0. The van der Waals surface area contributed by atoms with Gasteiger partial charge in [-0.1, -0.05) is 27.5 Å². The van der Waals surface area contributed by atoms with Crippen molar-refractivity contribution in [3.8, 4) is 5.75 Å². The van der Waals surface area contributed by atoms with Crippen molar-refractivity contribution in [2.75, 3.05) is 11.9 Å². The third-order valence-corrected chi connectivity index (χ3v) is 3.99. The van der Waals surface area contributed by atoms with Gasteiger partial charge in [0.2, 0.25) is 6.10 Å². The molecule has 1 aliphatic rings. The zero-order chi connectivity index (χ0) is 17.2. The summed E-state index contributed by atoms with van der Waals surface area (Å²) >= 11 is 9.38. The Hall–Kier alpha value is -1.21. The molecule has 0 aliphatic carbocycles. The highest BCUT2D eigenvalue weighted by Crippen LogP contribution is 2.40. The van der Waals surface area contributed by atoms with Crippen LogP contribution in [0, 0.1) is 0 Å². The number of alkyl halides is 4. The van der Waals surface area contributed by atoms with Gasteiger partial charge in [-0.15, -0.1) is 0 Å². The number of fused-ring (bicyclic) bond motifs is 1. The minimum absolute atomic E-state index is 0.0303. The first-order valence-corrected chi connectivity index (χ1v) is 8.29. The van der Waals surface area contributed by atoms with E-state index in [0.717, 1.165) is 0 Å². The number of ether oxygens (including phenoxy) is 2. The lowest BCUT2D eigenvalue weighted by molar-refractivity contribution is -0.187. The number of rotatable bonds is 4. The Morgan fingerprint density at radius 3 is 2.70 bits per heavy atom. The summed E-state index contributed by atoms with van der Waals surface area (Å²) in [6.07, 6.45) is -5.44. The van der Waals surface area contributed by atoms with Crippen LogP contribution in [-0.4, -0.2) is 30.2 Å². The second kappa shape index (κ2) is 7.13. The van der Waals surface area contributed by atoms with Gasteiger partial charge >= 0.3 is 12.1 Å². The first kappa shape index (κ1) is 18.1. The summed E-state index contributed by atoms with van der Waals surface area (Å²) in [5.41, 5.74) is 0.411. The van der Waals surface area contributed by atoms with Gasteiger partial charge < -0.3 is 9.47 Å². The normalized spacial score (nSPS) is 17.1. The molecule has 1 atom stereocenters. The van der Waals surface area contributed by atoms with Crippen LogP contribution >= 0.6 is 27.5 Å². The Kier molecular flexibility index (Phi) is 5.62. The van der Waals surface area contributed by atoms with Crippen LogP contribution in [0.3, 0.4) is 0 Å². The summed E-state index contributed by atoms with van der Waals surface area (Å²) in [5.74, 6) is -1.01. The molecule has 8 heteroatoms. The first-order chi connectivity index (χ1) is 10.8. The highest BCUT2D eigenvalue weighted by atomic mass is 79.9. The van der Waals surface area contributed by atoms with E-state index in [0.29, 0.717) is 27.9 Å². The molecule has 0 aromatic heterocycles. The maximum absolute atomic E-state index is 13.2. The molecule has 0 saturated heterocycles. The minimum atomic E-state index is -4.73. The molecule has 0 N–H and O–H groups in total. The van der Waals surface area contributed by atoms with Gasteiger partial charge in [-0.2, -0.15) is 13.2 Å². The number of esters is 1. The molecule has 23 heavy (non-hydrogen) atoms. The second-order valence-electron chi connectivity index (χ2n) is 4.74. The van der Waals surface area contributed by atoms with Crippen molar-refractivity contribution in [3.63, 3.8) is 0 Å². The number of halogens is 5. The molecule has 0 fully saturated rings. The molecule has 3 nitrogen and oxygen atoms in total. The van der Waals surface area contributed by atoms with Crippen molar-refractivity contribution in [1.82, 2.24) is 0 Å². The summed E-state index contributed by atoms with van der Waals surface area (Å²) < 4.78 is 49.4. The zero-order valence-corrected chi connectivity index (χ0v) is 14.4. The van der Waals surface area contributed by atoms with E-state index in [2.05, 4.69) is 15.9 Å². The molecule has 1 heterocycles. The quantitative estimate of drug-likeness (QED) is 0.537. The van der Waals surface area contributed by atoms with Crippen LogP contribution in [0.5, 0.6) is 5.75 Å². The van der Waals surface area contributed by atoms with Gasteiger partial charge in [-0.05, 0) is 37.1 Å². The lowest BCUT2D eigenvalue weighted by atomic mass is 9.96. The molecule has 0 radical (unpaired) electrons. The van der Waals surface area contributed by atoms with Gasteiger partial charge in [0.25, 0.3) is 0 Å². The standard InChI is InChI=1S/C15H13BrClF3O3/c1-2-22-14(21)10-7-9-8(5-6-16)11(17)3-4-12(9)23-13(10)15(18,19)20/h3-4,7,13H,2,5-6H2,1H3. The smallest absolute Gasteiger partial charge is 0.430 e. The van der Waals surface area contributed by atoms with Crippen molar-refractivity contribution in [1.29, 1.82) is 0 Å². The van der Waals surface area contributed by atoms with Gasteiger partial charge in [0.05, 0.1) is 12.2 Å². The van der Waals surface area contributed by atoms with Crippen LogP contribution in [0.1, 0.15) is 18.1 Å². The third-order valence-electron chi connectivity index (χ3n) is 3.24. The maximum Gasteiger partial charge on any atom is 0.430 e. The SMILES string of the molecule is CCOC(=O)C1=Cc2c(ccc(Cl)c2CCBr)OC1C(F)(F)F. The molecule has 0 saturated carbocycles. The lowest BCUT2D eigenvalue weighted by Crippen LogP contribution is -2.41. The van der Waals surface area contributed by atoms with Crippen LogP contribution in [0.2, 0.25) is 5.02 Å². The molecule has 2 rings (SSSR count). The first-order valence-electron chi connectivity index (χ1n) is 6.79. The molecular formula is C15H13BrClF3O3. The van der Waals surface area contributed by atoms with E-state index >= 15 is 0 Å². The summed E-state index contributed by atoms with van der Waals surface area (Å²) in [6, 6.07) is 2.85. The van der Waals surface area contributed by atoms with E-state index in [1.165, 1.54) is 25.1 Å². The molecule has 1 unspecified atom stereocenters. The van der Waals surface area contributed by atoms with Crippen molar-refractivity contribution < 1.29 is 27.4 Å². The molecule has 0 amide bonds. The third kappa shape index (κ3) is 3.83. The summed E-state index contributed by atoms with van der Waals surface area (Å²) in [5, 5.41) is 0.964. The fourth-order valence-electron chi connectivity index (χ4n) is 2.27. The van der Waals surface area contributed by atoms with E-state index in [-0.39, 0.29) is 12.4 Å². The number of hydrogen-bond acceptors (Lipinski definition) is 3. The van der Waals surface area contributed by atoms with Crippen molar-refractivity contribution >= 4 is 39.6 Å². The Morgan fingerprint density at radius 2 is 2.13 bits per heavy atom. The van der Waals surface area contributed by atoms with Gasteiger partial charge in [0.1, 0.15) is 5.75 Å². The average Bonchev–Trinajstić information content (AvgIpc) is 2.48. The molecule has 0 bridgehead atoms. The second-order valence-corrected chi connectivity index (χ2v) is 5.94. The maximum atomic E-state index is 13.2. The van der Waals surface area contributed by atoms with Crippen LogP contribution in [0.4, 0.5) is 13.2 Å². The molecule has 126 valence electrons. The summed E-state index contributed by atoms with van der Waals surface area (Å²) in [6.45, 7) is 1.49. The Labute approximate surface area is 144 Å². The van der Waals surface area contributed by atoms with Gasteiger partial charge in [-0.25, -0.2) is 4.79 Å². The van der Waals surface area contributed by atoms with Gasteiger partial charge in [0, 0.05) is 15.9 Å². The molecule has 0 spiro atoms. The predicted molar refractivity (Wildman–Crippen MR) is 84.0 cm³/mol. The summed E-state index contributed by atoms with van der Waals surface area (Å²) in [7, 11) is 0. The Balaban J connectivity index is 2.58. The predicted octanol–water partition coefficient (Wildman–Crippen LogP) is 4.55. The van der Waals surface area contributed by atoms with E-state index in [4.69, 9.17) is 21.1 Å². The molecule has 1 aromatic rings. The average molecular weight is 414 g/mol. The highest BCUT2D eigenvalue weighted by Gasteiger charge is 2.49. The topological polar surface area (TPSA) is 35.5 Å². The molecule has 1 aliphatic heterocycles. The zero-order valence-electron chi connectivity index (χ0n) is 12.0. The van der Waals surface area contributed by atoms with Gasteiger partial charge in [0.15, 0.2) is 0 Å². The number of carbonyl (C=O) groups excluding carboxylic acids is 1. The highest BCUT2D eigenvalue weighted by molar-refractivity contribution is 9.09. The summed E-state index contributed by atoms with van der Waals surface area (Å²) in [4.78, 5) is 11.9. The fourth-order valence-corrected chi connectivity index (χ4v) is 2.93. The fraction of sp³-hybridized carbons (Fsp3) is 0.400. The molecule has 1 aromatic carbocycles.